The molecule has 8 nitrogen and oxygen atoms in total. The maximum Gasteiger partial charge on any atom is 0.225 e. The molecule has 35 heavy (non-hydrogen) atoms. The van der Waals surface area contributed by atoms with Crippen molar-refractivity contribution in [3.8, 4) is 6.07 Å². The number of aryl methyl sites for hydroxylation is 1. The molecule has 0 saturated carbocycles. The van der Waals surface area contributed by atoms with Crippen molar-refractivity contribution >= 4 is 39.0 Å². The summed E-state index contributed by atoms with van der Waals surface area (Å²) in [4.78, 5) is 12.5. The van der Waals surface area contributed by atoms with Gasteiger partial charge in [-0.1, -0.05) is 0 Å². The Balaban J connectivity index is 1.41. The van der Waals surface area contributed by atoms with Crippen molar-refractivity contribution in [1.29, 1.82) is 5.26 Å². The van der Waals surface area contributed by atoms with E-state index in [0.29, 0.717) is 34.2 Å². The molecule has 0 radical (unpaired) electrons. The van der Waals surface area contributed by atoms with Gasteiger partial charge in [-0.15, -0.1) is 11.3 Å². The highest BCUT2D eigenvalue weighted by molar-refractivity contribution is 7.17. The zero-order valence-electron chi connectivity index (χ0n) is 19.2. The predicted octanol–water partition coefficient (Wildman–Crippen LogP) is 3.39. The molecule has 6 heterocycles. The number of anilines is 2. The normalized spacial score (nSPS) is 24.7. The number of nitrogen functional groups attached to an aromatic ring is 1. The van der Waals surface area contributed by atoms with Crippen LogP contribution in [0.4, 0.5) is 15.3 Å². The van der Waals surface area contributed by atoms with Gasteiger partial charge in [0.25, 0.3) is 0 Å². The highest BCUT2D eigenvalue weighted by Crippen LogP contribution is 2.47. The minimum absolute atomic E-state index is 0.204. The molecule has 178 valence electrons. The molecule has 7 rings (SSSR count). The van der Waals surface area contributed by atoms with Crippen molar-refractivity contribution in [3.63, 3.8) is 0 Å². The van der Waals surface area contributed by atoms with Gasteiger partial charge in [-0.3, -0.25) is 0 Å². The first-order chi connectivity index (χ1) is 17.0. The van der Waals surface area contributed by atoms with E-state index < -0.39 is 11.9 Å². The average Bonchev–Trinajstić information content (AvgIpc) is 3.57. The van der Waals surface area contributed by atoms with Crippen LogP contribution < -0.4 is 21.3 Å². The molecule has 2 saturated heterocycles. The van der Waals surface area contributed by atoms with Gasteiger partial charge in [0.05, 0.1) is 35.2 Å². The smallest absolute Gasteiger partial charge is 0.225 e. The molecule has 1 aromatic carbocycles. The number of nitrogens with two attached hydrogens (primary N) is 1. The number of rotatable bonds is 2. The summed E-state index contributed by atoms with van der Waals surface area (Å²) >= 11 is 1.12. The lowest BCUT2D eigenvalue weighted by Gasteiger charge is -2.39. The van der Waals surface area contributed by atoms with E-state index in [-0.39, 0.29) is 5.54 Å². The number of ether oxygens (including phenoxy) is 1. The van der Waals surface area contributed by atoms with E-state index in [1.165, 1.54) is 12.6 Å². The Hall–Kier alpha value is -3.26. The Morgan fingerprint density at radius 2 is 2.14 bits per heavy atom. The number of thiophene rings is 1. The van der Waals surface area contributed by atoms with Gasteiger partial charge < -0.3 is 26.0 Å². The van der Waals surface area contributed by atoms with E-state index in [0.717, 1.165) is 76.5 Å². The summed E-state index contributed by atoms with van der Waals surface area (Å²) in [5.41, 5.74) is 12.2. The van der Waals surface area contributed by atoms with Gasteiger partial charge in [0.15, 0.2) is 5.83 Å². The van der Waals surface area contributed by atoms with E-state index in [1.54, 1.807) is 0 Å². The van der Waals surface area contributed by atoms with Crippen LogP contribution in [0.3, 0.4) is 0 Å². The van der Waals surface area contributed by atoms with Crippen molar-refractivity contribution in [3.05, 3.63) is 50.7 Å². The van der Waals surface area contributed by atoms with Crippen molar-refractivity contribution < 1.29 is 9.13 Å². The second kappa shape index (κ2) is 7.37. The molecule has 2 unspecified atom stereocenters. The largest absolute Gasteiger partial charge is 0.389 e. The van der Waals surface area contributed by atoms with Crippen molar-refractivity contribution in [2.24, 2.45) is 0 Å². The number of nitrogens with zero attached hydrogens (tertiary/aromatic N) is 4. The summed E-state index contributed by atoms with van der Waals surface area (Å²) in [7, 11) is 0. The second-order valence-corrected chi connectivity index (χ2v) is 10.9. The first-order valence-electron chi connectivity index (χ1n) is 11.8. The summed E-state index contributed by atoms with van der Waals surface area (Å²) in [5, 5.41) is 17.9. The van der Waals surface area contributed by atoms with Crippen LogP contribution in [0.25, 0.3) is 16.7 Å². The van der Waals surface area contributed by atoms with Gasteiger partial charge in [-0.2, -0.15) is 5.26 Å². The maximum absolute atomic E-state index is 14.7. The van der Waals surface area contributed by atoms with E-state index in [9.17, 15) is 9.65 Å². The number of halogens is 1. The molecule has 10 heteroatoms. The number of nitriles is 1. The van der Waals surface area contributed by atoms with Crippen LogP contribution >= 0.6 is 11.3 Å². The van der Waals surface area contributed by atoms with E-state index >= 15 is 0 Å². The zero-order valence-corrected chi connectivity index (χ0v) is 20.1. The molecule has 0 aliphatic carbocycles. The number of aromatic nitrogens is 2. The third-order valence-electron chi connectivity index (χ3n) is 8.04. The molecule has 2 fully saturated rings. The van der Waals surface area contributed by atoms with Crippen LogP contribution in [0.15, 0.2) is 12.4 Å². The van der Waals surface area contributed by atoms with Gasteiger partial charge in [0.2, 0.25) is 5.95 Å². The molecule has 4 N–H and O–H groups in total. The van der Waals surface area contributed by atoms with Gasteiger partial charge in [0.1, 0.15) is 11.1 Å². The van der Waals surface area contributed by atoms with E-state index in [2.05, 4.69) is 21.6 Å². The van der Waals surface area contributed by atoms with Gasteiger partial charge >= 0.3 is 0 Å². The van der Waals surface area contributed by atoms with Crippen molar-refractivity contribution in [2.45, 2.75) is 44.6 Å². The Morgan fingerprint density at radius 1 is 1.31 bits per heavy atom. The Bertz CT molecular complexity index is 1490. The van der Waals surface area contributed by atoms with Crippen LogP contribution in [-0.4, -0.2) is 35.1 Å². The third-order valence-corrected chi connectivity index (χ3v) is 9.08. The minimum atomic E-state index is -0.416. The second-order valence-electron chi connectivity index (χ2n) is 9.84. The number of hydrogen-bond acceptors (Lipinski definition) is 9. The fourth-order valence-electron chi connectivity index (χ4n) is 6.12. The fourth-order valence-corrected chi connectivity index (χ4v) is 7.08. The lowest BCUT2D eigenvalue weighted by Crippen LogP contribution is -2.58. The molecule has 4 aliphatic heterocycles. The number of fused-ring (bicyclic) bond motifs is 4. The van der Waals surface area contributed by atoms with E-state index in [1.807, 2.05) is 13.1 Å². The number of nitrogens with one attached hydrogen (secondary N) is 2. The fraction of sp³-hybridized carbons (Fsp3) is 0.400. The lowest BCUT2D eigenvalue weighted by molar-refractivity contribution is 0.134. The highest BCUT2D eigenvalue weighted by Gasteiger charge is 2.43. The quantitative estimate of drug-likeness (QED) is 0.502. The summed E-state index contributed by atoms with van der Waals surface area (Å²) in [6.45, 7) is 5.88. The Labute approximate surface area is 205 Å². The van der Waals surface area contributed by atoms with Crippen LogP contribution in [0.1, 0.15) is 57.1 Å². The lowest BCUT2D eigenvalue weighted by atomic mass is 9.85. The Kier molecular flexibility index (Phi) is 4.43. The summed E-state index contributed by atoms with van der Waals surface area (Å²) in [5.74, 6) is 0.328. The van der Waals surface area contributed by atoms with Crippen molar-refractivity contribution in [1.82, 2.24) is 20.6 Å². The number of benzene rings is 1. The monoisotopic (exact) mass is 489 g/mol. The van der Waals surface area contributed by atoms with Crippen LogP contribution in [0.5, 0.6) is 0 Å². The first kappa shape index (κ1) is 21.1. The number of hydrogen-bond donors (Lipinski definition) is 3. The predicted molar refractivity (Wildman–Crippen MR) is 132 cm³/mol. The van der Waals surface area contributed by atoms with E-state index in [4.69, 9.17) is 20.4 Å². The molecule has 4 aliphatic rings. The summed E-state index contributed by atoms with van der Waals surface area (Å²) in [6, 6.07) is 1.78. The molecule has 3 aromatic rings. The van der Waals surface area contributed by atoms with Crippen LogP contribution in [0.2, 0.25) is 0 Å². The zero-order chi connectivity index (χ0) is 23.9. The molecule has 0 amide bonds. The minimum Gasteiger partial charge on any atom is -0.389 e. The summed E-state index contributed by atoms with van der Waals surface area (Å²) in [6.07, 6.45) is 5.58. The SMILES string of the molecule is Cc1c(C2NC=C(F)c3sc(N)c(C#N)c32)c2c(c3cnc(N4CCC5(CCN5)C4)nc13)COC2. The molecule has 2 aromatic heterocycles. The Morgan fingerprint density at radius 3 is 2.89 bits per heavy atom. The van der Waals surface area contributed by atoms with Gasteiger partial charge in [0, 0.05) is 42.0 Å². The van der Waals surface area contributed by atoms with Gasteiger partial charge in [-0.25, -0.2) is 14.4 Å². The van der Waals surface area contributed by atoms with Crippen LogP contribution in [0, 0.1) is 18.3 Å². The molecule has 2 atom stereocenters. The van der Waals surface area contributed by atoms with Crippen LogP contribution in [-0.2, 0) is 18.0 Å². The van der Waals surface area contributed by atoms with Crippen molar-refractivity contribution in [2.75, 3.05) is 30.3 Å². The maximum atomic E-state index is 14.7. The first-order valence-corrected chi connectivity index (χ1v) is 12.6. The highest BCUT2D eigenvalue weighted by atomic mass is 32.1. The third kappa shape index (κ3) is 2.89. The van der Waals surface area contributed by atoms with Gasteiger partial charge in [-0.05, 0) is 48.6 Å². The topological polar surface area (TPSA) is 112 Å². The standard InChI is InChI=1S/C25H24FN7OS/c1-12-18(21-19-13(6-27)23(28)35-22(19)17(26)8-29-21)16-10-34-9-15(16)14-7-30-24(32-20(12)14)33-5-3-25(11-33)2-4-31-25/h7-8,21,29,31H,2-5,9-11,28H2,1H3. The molecular formula is C25H24FN7OS. The average molecular weight is 490 g/mol. The summed E-state index contributed by atoms with van der Waals surface area (Å²) < 4.78 is 20.6. The molecule has 1 spiro atoms. The molecular weight excluding hydrogens is 465 g/mol. The molecule has 0 bridgehead atoms.